The zero-order chi connectivity index (χ0) is 10.8. The summed E-state index contributed by atoms with van der Waals surface area (Å²) in [7, 11) is 0. The van der Waals surface area contributed by atoms with Crippen LogP contribution in [0, 0.1) is 0 Å². The highest BCUT2D eigenvalue weighted by atomic mass is 79.9. The van der Waals surface area contributed by atoms with Crippen molar-refractivity contribution in [3.63, 3.8) is 0 Å². The molecule has 2 aromatic heterocycles. The fraction of sp³-hybridized carbons (Fsp3) is 0.300. The number of oxazole rings is 1. The fourth-order valence-electron chi connectivity index (χ4n) is 1.15. The van der Waals surface area contributed by atoms with Crippen LogP contribution < -0.4 is 0 Å². The molecule has 0 saturated heterocycles. The Morgan fingerprint density at radius 2 is 2.27 bits per heavy atom. The van der Waals surface area contributed by atoms with Crippen LogP contribution in [0.4, 0.5) is 0 Å². The van der Waals surface area contributed by atoms with Crippen molar-refractivity contribution in [3.05, 3.63) is 28.8 Å². The van der Waals surface area contributed by atoms with E-state index in [1.54, 1.807) is 18.3 Å². The highest BCUT2D eigenvalue weighted by Crippen LogP contribution is 2.26. The number of nitrogens with zero attached hydrogens (tertiary/aromatic N) is 1. The Morgan fingerprint density at radius 1 is 1.47 bits per heavy atom. The van der Waals surface area contributed by atoms with Gasteiger partial charge < -0.3 is 13.9 Å². The zero-order valence-corrected chi connectivity index (χ0v) is 9.69. The fourth-order valence-corrected chi connectivity index (χ4v) is 1.45. The Hall–Kier alpha value is -1.07. The molecule has 0 aliphatic carbocycles. The van der Waals surface area contributed by atoms with Crippen LogP contribution in [0.25, 0.3) is 11.7 Å². The summed E-state index contributed by atoms with van der Waals surface area (Å²) in [6.45, 7) is 1.90. The first-order valence-electron chi connectivity index (χ1n) is 4.53. The van der Waals surface area contributed by atoms with Crippen LogP contribution in [0.15, 0.2) is 31.8 Å². The van der Waals surface area contributed by atoms with Crippen LogP contribution >= 0.6 is 15.9 Å². The molecule has 0 fully saturated rings. The molecule has 15 heavy (non-hydrogen) atoms. The van der Waals surface area contributed by atoms with Gasteiger partial charge in [-0.05, 0) is 28.1 Å². The van der Waals surface area contributed by atoms with Crippen LogP contribution in [0.1, 0.15) is 18.6 Å². The second-order valence-corrected chi connectivity index (χ2v) is 4.04. The van der Waals surface area contributed by atoms with E-state index in [-0.39, 0.29) is 12.5 Å². The molecule has 4 nitrogen and oxygen atoms in total. The number of rotatable bonds is 3. The van der Waals surface area contributed by atoms with Crippen molar-refractivity contribution in [3.8, 4) is 11.7 Å². The van der Waals surface area contributed by atoms with Gasteiger partial charge in [-0.1, -0.05) is 6.92 Å². The molecular formula is C10H10BrNO3. The maximum Gasteiger partial charge on any atom is 0.263 e. The highest BCUT2D eigenvalue weighted by Gasteiger charge is 2.14. The lowest BCUT2D eigenvalue weighted by Crippen LogP contribution is -1.96. The molecule has 0 aromatic carbocycles. The molecule has 0 spiro atoms. The molecular weight excluding hydrogens is 262 g/mol. The second kappa shape index (κ2) is 4.20. The van der Waals surface area contributed by atoms with E-state index in [1.807, 2.05) is 6.92 Å². The van der Waals surface area contributed by atoms with E-state index in [9.17, 15) is 0 Å². The largest absolute Gasteiger partial charge is 0.444 e. The van der Waals surface area contributed by atoms with Gasteiger partial charge in [0.25, 0.3) is 5.89 Å². The first-order valence-corrected chi connectivity index (χ1v) is 5.32. The lowest BCUT2D eigenvalue weighted by atomic mass is 10.1. The van der Waals surface area contributed by atoms with E-state index in [1.165, 1.54) is 0 Å². The number of hydrogen-bond acceptors (Lipinski definition) is 4. The van der Waals surface area contributed by atoms with E-state index in [4.69, 9.17) is 13.9 Å². The van der Waals surface area contributed by atoms with Crippen molar-refractivity contribution in [2.45, 2.75) is 12.8 Å². The summed E-state index contributed by atoms with van der Waals surface area (Å²) in [5, 5.41) is 8.95. The maximum atomic E-state index is 8.95. The molecule has 0 radical (unpaired) electrons. The molecule has 2 heterocycles. The third-order valence-electron chi connectivity index (χ3n) is 2.07. The normalized spacial score (nSPS) is 13.0. The van der Waals surface area contributed by atoms with Gasteiger partial charge in [-0.2, -0.15) is 0 Å². The van der Waals surface area contributed by atoms with E-state index < -0.39 is 0 Å². The summed E-state index contributed by atoms with van der Waals surface area (Å²) in [5.74, 6) is 1.60. The molecule has 0 aliphatic rings. The third kappa shape index (κ3) is 2.13. The summed E-state index contributed by atoms with van der Waals surface area (Å²) >= 11 is 3.20. The zero-order valence-electron chi connectivity index (χ0n) is 8.11. The predicted octanol–water partition coefficient (Wildman–Crippen LogP) is 2.79. The van der Waals surface area contributed by atoms with Gasteiger partial charge in [0.15, 0.2) is 10.4 Å². The van der Waals surface area contributed by atoms with Crippen molar-refractivity contribution in [1.82, 2.24) is 4.98 Å². The Kier molecular flexibility index (Phi) is 2.93. The van der Waals surface area contributed by atoms with Gasteiger partial charge in [-0.3, -0.25) is 0 Å². The molecule has 0 aliphatic heterocycles. The minimum Gasteiger partial charge on any atom is -0.444 e. The average molecular weight is 272 g/mol. The molecule has 1 atom stereocenters. The number of aromatic nitrogens is 1. The minimum atomic E-state index is -0.0512. The molecule has 80 valence electrons. The second-order valence-electron chi connectivity index (χ2n) is 3.26. The topological polar surface area (TPSA) is 59.4 Å². The molecule has 5 heteroatoms. The Bertz CT molecular complexity index is 449. The minimum absolute atomic E-state index is 0.0382. The van der Waals surface area contributed by atoms with Crippen LogP contribution in [-0.2, 0) is 0 Å². The van der Waals surface area contributed by atoms with E-state index in [0.717, 1.165) is 0 Å². The SMILES string of the molecule is CC(CO)c1cnc(-c2ccc(Br)o2)o1. The summed E-state index contributed by atoms with van der Waals surface area (Å²) in [4.78, 5) is 4.08. The number of halogens is 1. The van der Waals surface area contributed by atoms with Crippen LogP contribution in [0.3, 0.4) is 0 Å². The quantitative estimate of drug-likeness (QED) is 0.933. The number of aliphatic hydroxyl groups excluding tert-OH is 1. The summed E-state index contributed by atoms with van der Waals surface area (Å²) < 4.78 is 11.4. The summed E-state index contributed by atoms with van der Waals surface area (Å²) in [6, 6.07) is 3.54. The molecule has 2 rings (SSSR count). The predicted molar refractivity (Wildman–Crippen MR) is 57.4 cm³/mol. The monoisotopic (exact) mass is 271 g/mol. The van der Waals surface area contributed by atoms with Crippen molar-refractivity contribution in [2.24, 2.45) is 0 Å². The summed E-state index contributed by atoms with van der Waals surface area (Å²) in [6.07, 6.45) is 1.60. The van der Waals surface area contributed by atoms with E-state index in [0.29, 0.717) is 22.1 Å². The number of aliphatic hydroxyl groups is 1. The number of furan rings is 1. The van der Waals surface area contributed by atoms with Gasteiger partial charge in [-0.15, -0.1) is 0 Å². The summed E-state index contributed by atoms with van der Waals surface area (Å²) in [5.41, 5.74) is 0. The highest BCUT2D eigenvalue weighted by molar-refractivity contribution is 9.10. The Morgan fingerprint density at radius 3 is 2.87 bits per heavy atom. The Labute approximate surface area is 95.1 Å². The third-order valence-corrected chi connectivity index (χ3v) is 2.49. The van der Waals surface area contributed by atoms with Gasteiger partial charge in [-0.25, -0.2) is 4.98 Å². The van der Waals surface area contributed by atoms with Crippen molar-refractivity contribution < 1.29 is 13.9 Å². The average Bonchev–Trinajstić information content (AvgIpc) is 2.84. The molecule has 0 amide bonds. The number of hydrogen-bond donors (Lipinski definition) is 1. The standard InChI is InChI=1S/C10H10BrNO3/c1-6(5-13)8-4-12-10(15-8)7-2-3-9(11)14-7/h2-4,6,13H,5H2,1H3. The molecule has 1 N–H and O–H groups in total. The van der Waals surface area contributed by atoms with Crippen molar-refractivity contribution in [1.29, 1.82) is 0 Å². The maximum absolute atomic E-state index is 8.95. The van der Waals surface area contributed by atoms with Gasteiger partial charge in [0.2, 0.25) is 0 Å². The lowest BCUT2D eigenvalue weighted by Gasteiger charge is -2.00. The molecule has 0 bridgehead atoms. The van der Waals surface area contributed by atoms with Gasteiger partial charge in [0, 0.05) is 5.92 Å². The first-order chi connectivity index (χ1) is 7.20. The van der Waals surface area contributed by atoms with Gasteiger partial charge in [0.1, 0.15) is 5.76 Å². The first kappa shape index (κ1) is 10.4. The van der Waals surface area contributed by atoms with Crippen molar-refractivity contribution >= 4 is 15.9 Å². The van der Waals surface area contributed by atoms with E-state index in [2.05, 4.69) is 20.9 Å². The molecule has 0 saturated carbocycles. The Balaban J connectivity index is 2.27. The lowest BCUT2D eigenvalue weighted by molar-refractivity contribution is 0.258. The van der Waals surface area contributed by atoms with Crippen LogP contribution in [-0.4, -0.2) is 16.7 Å². The van der Waals surface area contributed by atoms with Crippen LogP contribution in [0.2, 0.25) is 0 Å². The van der Waals surface area contributed by atoms with Gasteiger partial charge in [0.05, 0.1) is 12.8 Å². The van der Waals surface area contributed by atoms with Crippen LogP contribution in [0.5, 0.6) is 0 Å². The van der Waals surface area contributed by atoms with Gasteiger partial charge >= 0.3 is 0 Å². The molecule has 1 unspecified atom stereocenters. The van der Waals surface area contributed by atoms with E-state index >= 15 is 0 Å². The smallest absolute Gasteiger partial charge is 0.263 e. The van der Waals surface area contributed by atoms with Crippen molar-refractivity contribution in [2.75, 3.05) is 6.61 Å². The molecule has 2 aromatic rings.